The molecule has 1 N–H and O–H groups in total. The Morgan fingerprint density at radius 3 is 1.80 bits per heavy atom. The van der Waals surface area contributed by atoms with Gasteiger partial charge in [-0.3, -0.25) is 0 Å². The number of nitriles is 1. The molecule has 49 heavy (non-hydrogen) atoms. The van der Waals surface area contributed by atoms with Crippen LogP contribution >= 0.6 is 0 Å². The van der Waals surface area contributed by atoms with Gasteiger partial charge in [-0.15, -0.1) is 0 Å². The Labute approximate surface area is 288 Å². The summed E-state index contributed by atoms with van der Waals surface area (Å²) in [6.45, 7) is 3.10. The Morgan fingerprint density at radius 2 is 1.29 bits per heavy atom. The number of hydrogen-bond acceptors (Lipinski definition) is 5. The van der Waals surface area contributed by atoms with Crippen LogP contribution in [-0.4, -0.2) is 29.9 Å². The van der Waals surface area contributed by atoms with Crippen molar-refractivity contribution in [1.29, 1.82) is 5.26 Å². The fourth-order valence-corrected chi connectivity index (χ4v) is 5.71. The average Bonchev–Trinajstić information content (AvgIpc) is 3.55. The zero-order chi connectivity index (χ0) is 34.6. The highest BCUT2D eigenvalue weighted by Gasteiger charge is 2.14. The molecule has 5 rings (SSSR count). The van der Waals surface area contributed by atoms with E-state index < -0.39 is 5.97 Å². The van der Waals surface area contributed by atoms with Gasteiger partial charge in [0.2, 0.25) is 0 Å². The molecule has 1 heterocycles. The summed E-state index contributed by atoms with van der Waals surface area (Å²) in [5.74, 6) is 0.373. The summed E-state index contributed by atoms with van der Waals surface area (Å²) in [4.78, 5) is 13.5. The molecule has 0 aliphatic rings. The third-order valence-corrected chi connectivity index (χ3v) is 8.38. The molecule has 7 heteroatoms. The maximum atomic E-state index is 11.3. The first kappa shape index (κ1) is 34.3. The molecule has 0 saturated carbocycles. The number of anilines is 3. The number of carboxylic acids is 1. The van der Waals surface area contributed by atoms with Gasteiger partial charge in [-0.1, -0.05) is 68.7 Å². The van der Waals surface area contributed by atoms with Crippen LogP contribution in [0.3, 0.4) is 0 Å². The van der Waals surface area contributed by atoms with Crippen LogP contribution in [0.25, 0.3) is 29.5 Å². The van der Waals surface area contributed by atoms with Crippen LogP contribution in [0.15, 0.2) is 115 Å². The first-order valence-electron chi connectivity index (χ1n) is 16.5. The third kappa shape index (κ3) is 8.68. The predicted octanol–water partition coefficient (Wildman–Crippen LogP) is 10.4. The normalized spacial score (nSPS) is 11.3. The highest BCUT2D eigenvalue weighted by Crippen LogP contribution is 2.36. The van der Waals surface area contributed by atoms with Crippen LogP contribution in [-0.2, 0) is 11.3 Å². The fraction of sp³-hybridized carbons (Fsp3) is 0.190. The van der Waals surface area contributed by atoms with E-state index in [1.807, 2.05) is 72.8 Å². The monoisotopic (exact) mass is 651 g/mol. The molecule has 0 spiro atoms. The molecule has 248 valence electrons. The lowest BCUT2D eigenvalue weighted by Crippen LogP contribution is -2.09. The van der Waals surface area contributed by atoms with Crippen molar-refractivity contribution < 1.29 is 19.4 Å². The van der Waals surface area contributed by atoms with E-state index in [-0.39, 0.29) is 5.57 Å². The van der Waals surface area contributed by atoms with Crippen molar-refractivity contribution in [3.63, 3.8) is 0 Å². The minimum absolute atomic E-state index is 0.290. The van der Waals surface area contributed by atoms with Gasteiger partial charge in [-0.2, -0.15) is 5.26 Å². The van der Waals surface area contributed by atoms with Crippen molar-refractivity contribution in [3.8, 4) is 28.8 Å². The highest BCUT2D eigenvalue weighted by molar-refractivity contribution is 5.96. The van der Waals surface area contributed by atoms with E-state index in [0.717, 1.165) is 70.5 Å². The minimum atomic E-state index is -1.23. The van der Waals surface area contributed by atoms with E-state index in [1.54, 1.807) is 20.3 Å². The summed E-state index contributed by atoms with van der Waals surface area (Å²) in [6, 6.07) is 38.2. The Balaban J connectivity index is 1.41. The number of carbonyl (C=O) groups is 1. The van der Waals surface area contributed by atoms with E-state index in [4.69, 9.17) is 14.7 Å². The number of unbranched alkanes of at least 4 members (excludes halogenated alkanes) is 3. The Hall–Kier alpha value is -6.00. The first-order chi connectivity index (χ1) is 23.9. The summed E-state index contributed by atoms with van der Waals surface area (Å²) >= 11 is 0. The average molecular weight is 652 g/mol. The second-order valence-electron chi connectivity index (χ2n) is 11.6. The summed E-state index contributed by atoms with van der Waals surface area (Å²) in [5, 5.41) is 18.3. The number of nitrogens with zero attached hydrogens (tertiary/aromatic N) is 3. The van der Waals surface area contributed by atoms with E-state index in [0.29, 0.717) is 5.56 Å². The van der Waals surface area contributed by atoms with Crippen LogP contribution in [0.5, 0.6) is 11.5 Å². The van der Waals surface area contributed by atoms with E-state index in [9.17, 15) is 9.90 Å². The lowest BCUT2D eigenvalue weighted by molar-refractivity contribution is -0.132. The second-order valence-corrected chi connectivity index (χ2v) is 11.6. The van der Waals surface area contributed by atoms with Gasteiger partial charge in [0, 0.05) is 35.0 Å². The minimum Gasteiger partial charge on any atom is -0.497 e. The number of carboxylic acid groups (broad SMARTS) is 1. The van der Waals surface area contributed by atoms with Gasteiger partial charge >= 0.3 is 5.97 Å². The topological polar surface area (TPSA) is 87.7 Å². The van der Waals surface area contributed by atoms with Gasteiger partial charge < -0.3 is 24.0 Å². The summed E-state index contributed by atoms with van der Waals surface area (Å²) in [7, 11) is 3.33. The van der Waals surface area contributed by atoms with Gasteiger partial charge in [0.1, 0.15) is 23.1 Å². The molecular weight excluding hydrogens is 610 g/mol. The molecule has 0 radical (unpaired) electrons. The second kappa shape index (κ2) is 16.7. The van der Waals surface area contributed by atoms with Crippen LogP contribution in [0.4, 0.5) is 17.1 Å². The molecule has 0 fully saturated rings. The zero-order valence-corrected chi connectivity index (χ0v) is 28.2. The van der Waals surface area contributed by atoms with E-state index in [2.05, 4.69) is 64.9 Å². The molecule has 1 aromatic heterocycles. The maximum Gasteiger partial charge on any atom is 0.346 e. The van der Waals surface area contributed by atoms with Crippen LogP contribution in [0, 0.1) is 11.3 Å². The van der Waals surface area contributed by atoms with Crippen molar-refractivity contribution in [2.45, 2.75) is 39.2 Å². The zero-order valence-electron chi connectivity index (χ0n) is 28.2. The molecule has 7 nitrogen and oxygen atoms in total. The molecule has 4 aromatic carbocycles. The van der Waals surface area contributed by atoms with Gasteiger partial charge in [-0.25, -0.2) is 4.79 Å². The standard InChI is InChI=1S/C42H41N3O4/c1-4-5-6-7-28-44-35(22-27-41(44)33-13-8-32(9-14-33)29-34(30-43)42(46)47)15-10-31-11-16-36(17-12-31)45(37-18-23-39(48-2)24-19-37)38-20-25-40(49-3)26-21-38/h8-27,29H,4-7,28H2,1-3H3,(H,46,47)/b15-10+,34-29+. The van der Waals surface area contributed by atoms with Crippen molar-refractivity contribution in [3.05, 3.63) is 132 Å². The molecule has 5 aromatic rings. The first-order valence-corrected chi connectivity index (χ1v) is 16.5. The van der Waals surface area contributed by atoms with Gasteiger partial charge in [0.15, 0.2) is 0 Å². The van der Waals surface area contributed by atoms with Crippen molar-refractivity contribution in [2.24, 2.45) is 0 Å². The highest BCUT2D eigenvalue weighted by atomic mass is 16.5. The lowest BCUT2D eigenvalue weighted by atomic mass is 10.1. The lowest BCUT2D eigenvalue weighted by Gasteiger charge is -2.26. The molecule has 0 unspecified atom stereocenters. The fourth-order valence-electron chi connectivity index (χ4n) is 5.71. The van der Waals surface area contributed by atoms with Crippen LogP contribution in [0.1, 0.15) is 49.4 Å². The molecule has 0 aliphatic heterocycles. The maximum absolute atomic E-state index is 11.3. The Kier molecular flexibility index (Phi) is 11.7. The molecule has 0 aliphatic carbocycles. The predicted molar refractivity (Wildman–Crippen MR) is 198 cm³/mol. The number of rotatable bonds is 15. The van der Waals surface area contributed by atoms with Crippen molar-refractivity contribution in [2.75, 3.05) is 19.1 Å². The number of benzene rings is 4. The number of aromatic nitrogens is 1. The summed E-state index contributed by atoms with van der Waals surface area (Å²) in [6.07, 6.45) is 10.3. The van der Waals surface area contributed by atoms with E-state index in [1.165, 1.54) is 18.9 Å². The largest absolute Gasteiger partial charge is 0.497 e. The molecule has 0 atom stereocenters. The molecule has 0 amide bonds. The van der Waals surface area contributed by atoms with Crippen molar-refractivity contribution in [1.82, 2.24) is 4.57 Å². The summed E-state index contributed by atoms with van der Waals surface area (Å²) < 4.78 is 13.1. The third-order valence-electron chi connectivity index (χ3n) is 8.38. The van der Waals surface area contributed by atoms with Gasteiger partial charge in [0.25, 0.3) is 0 Å². The van der Waals surface area contributed by atoms with Gasteiger partial charge in [0.05, 0.1) is 14.2 Å². The number of aliphatic carboxylic acids is 1. The quantitative estimate of drug-likeness (QED) is 0.0688. The Morgan fingerprint density at radius 1 is 0.735 bits per heavy atom. The van der Waals surface area contributed by atoms with Crippen molar-refractivity contribution >= 4 is 41.3 Å². The summed E-state index contributed by atoms with van der Waals surface area (Å²) in [5.41, 5.74) is 7.74. The Bertz CT molecular complexity index is 1880. The molecule has 0 bridgehead atoms. The molecular formula is C42H41N3O4. The van der Waals surface area contributed by atoms with Crippen LogP contribution < -0.4 is 14.4 Å². The number of methoxy groups -OCH3 is 2. The van der Waals surface area contributed by atoms with Crippen LogP contribution in [0.2, 0.25) is 0 Å². The number of ether oxygens (including phenoxy) is 2. The number of hydrogen-bond donors (Lipinski definition) is 1. The SMILES string of the molecule is CCCCCCn1c(/C=C/c2ccc(N(c3ccc(OC)cc3)c3ccc(OC)cc3)cc2)ccc1-c1ccc(/C=C(\C#N)C(=O)O)cc1. The molecule has 0 saturated heterocycles. The van der Waals surface area contributed by atoms with E-state index >= 15 is 0 Å². The smallest absolute Gasteiger partial charge is 0.346 e. The van der Waals surface area contributed by atoms with Gasteiger partial charge in [-0.05, 0) is 108 Å².